The van der Waals surface area contributed by atoms with Crippen LogP contribution in [-0.2, 0) is 0 Å². The van der Waals surface area contributed by atoms with Crippen LogP contribution in [-0.4, -0.2) is 23.8 Å². The molecular weight excluding hydrogens is 222 g/mol. The molecule has 0 saturated carbocycles. The second-order valence-electron chi connectivity index (χ2n) is 5.89. The predicted molar refractivity (Wildman–Crippen MR) is 78.9 cm³/mol. The molecule has 1 aliphatic rings. The summed E-state index contributed by atoms with van der Waals surface area (Å²) < 4.78 is 0. The lowest BCUT2D eigenvalue weighted by Crippen LogP contribution is -2.34. The third kappa shape index (κ3) is 7.38. The Balaban J connectivity index is 1.80. The monoisotopic (exact) mass is 255 g/mol. The van der Waals surface area contributed by atoms with Crippen molar-refractivity contribution in [1.82, 2.24) is 5.32 Å². The lowest BCUT2D eigenvalue weighted by atomic mass is 10.0. The molecule has 2 nitrogen and oxygen atoms in total. The van der Waals surface area contributed by atoms with Crippen molar-refractivity contribution in [3.63, 3.8) is 0 Å². The molecule has 2 N–H and O–H groups in total. The normalized spacial score (nSPS) is 21.3. The minimum Gasteiger partial charge on any atom is -0.392 e. The number of hydrogen-bond donors (Lipinski definition) is 2. The van der Waals surface area contributed by atoms with Gasteiger partial charge in [0.05, 0.1) is 6.10 Å². The van der Waals surface area contributed by atoms with E-state index in [9.17, 15) is 5.11 Å². The van der Waals surface area contributed by atoms with Gasteiger partial charge in [-0.25, -0.2) is 0 Å². The van der Waals surface area contributed by atoms with Crippen LogP contribution in [0.2, 0.25) is 0 Å². The van der Waals surface area contributed by atoms with Crippen molar-refractivity contribution in [3.8, 4) is 0 Å². The summed E-state index contributed by atoms with van der Waals surface area (Å²) in [6, 6.07) is 0.388. The van der Waals surface area contributed by atoms with E-state index in [2.05, 4.69) is 12.2 Å². The van der Waals surface area contributed by atoms with Crippen molar-refractivity contribution >= 4 is 0 Å². The highest BCUT2D eigenvalue weighted by Gasteiger charge is 2.21. The summed E-state index contributed by atoms with van der Waals surface area (Å²) in [6.07, 6.45) is 15.5. The Bertz CT molecular complexity index is 178. The van der Waals surface area contributed by atoms with E-state index in [1.165, 1.54) is 70.6 Å². The highest BCUT2D eigenvalue weighted by molar-refractivity contribution is 4.80. The quantitative estimate of drug-likeness (QED) is 0.547. The van der Waals surface area contributed by atoms with Crippen molar-refractivity contribution in [2.45, 2.75) is 96.1 Å². The van der Waals surface area contributed by atoms with Crippen molar-refractivity contribution in [3.05, 3.63) is 0 Å². The minimum atomic E-state index is -0.0999. The van der Waals surface area contributed by atoms with Gasteiger partial charge in [-0.05, 0) is 25.8 Å². The van der Waals surface area contributed by atoms with Crippen molar-refractivity contribution in [2.75, 3.05) is 6.54 Å². The molecule has 0 aromatic rings. The van der Waals surface area contributed by atoms with Crippen molar-refractivity contribution < 1.29 is 5.11 Å². The van der Waals surface area contributed by atoms with Gasteiger partial charge < -0.3 is 10.4 Å². The third-order valence-electron chi connectivity index (χ3n) is 4.17. The van der Waals surface area contributed by atoms with Crippen LogP contribution in [0.1, 0.15) is 84.0 Å². The Morgan fingerprint density at radius 1 is 1.00 bits per heavy atom. The van der Waals surface area contributed by atoms with Gasteiger partial charge in [0.25, 0.3) is 0 Å². The van der Waals surface area contributed by atoms with E-state index in [0.717, 1.165) is 13.0 Å². The molecular formula is C16H33NO. The fraction of sp³-hybridized carbons (Fsp3) is 1.00. The minimum absolute atomic E-state index is 0.0999. The summed E-state index contributed by atoms with van der Waals surface area (Å²) in [6.45, 7) is 3.37. The first-order chi connectivity index (χ1) is 8.84. The highest BCUT2D eigenvalue weighted by Crippen LogP contribution is 2.16. The van der Waals surface area contributed by atoms with E-state index < -0.39 is 0 Å². The molecule has 0 amide bonds. The topological polar surface area (TPSA) is 32.3 Å². The van der Waals surface area contributed by atoms with Gasteiger partial charge in [0.2, 0.25) is 0 Å². The van der Waals surface area contributed by atoms with Gasteiger partial charge in [0.15, 0.2) is 0 Å². The van der Waals surface area contributed by atoms with Crippen molar-refractivity contribution in [2.24, 2.45) is 0 Å². The smallest absolute Gasteiger partial charge is 0.0693 e. The molecule has 1 aliphatic heterocycles. The zero-order valence-corrected chi connectivity index (χ0v) is 12.3. The first-order valence-electron chi connectivity index (χ1n) is 8.26. The van der Waals surface area contributed by atoms with E-state index in [1.54, 1.807) is 0 Å². The van der Waals surface area contributed by atoms with Crippen LogP contribution < -0.4 is 5.32 Å². The summed E-state index contributed by atoms with van der Waals surface area (Å²) in [5.41, 5.74) is 0. The van der Waals surface area contributed by atoms with Crippen LogP contribution in [0.5, 0.6) is 0 Å². The molecule has 0 aromatic heterocycles. The Labute approximate surface area is 114 Å². The Hall–Kier alpha value is -0.0800. The summed E-state index contributed by atoms with van der Waals surface area (Å²) >= 11 is 0. The molecule has 1 heterocycles. The van der Waals surface area contributed by atoms with Crippen LogP contribution in [0, 0.1) is 0 Å². The average molecular weight is 255 g/mol. The predicted octanol–water partition coefficient (Wildman–Crippen LogP) is 4.02. The zero-order valence-electron chi connectivity index (χ0n) is 12.3. The largest absolute Gasteiger partial charge is 0.392 e. The van der Waals surface area contributed by atoms with Crippen LogP contribution >= 0.6 is 0 Å². The summed E-state index contributed by atoms with van der Waals surface area (Å²) in [5.74, 6) is 0. The third-order valence-corrected chi connectivity index (χ3v) is 4.17. The number of unbranched alkanes of at least 4 members (excludes halogenated alkanes) is 8. The second kappa shape index (κ2) is 10.8. The van der Waals surface area contributed by atoms with Gasteiger partial charge in [-0.1, -0.05) is 64.7 Å². The van der Waals surface area contributed by atoms with Crippen LogP contribution in [0.25, 0.3) is 0 Å². The molecule has 2 atom stereocenters. The molecule has 0 radical (unpaired) electrons. The first-order valence-corrected chi connectivity index (χ1v) is 8.26. The number of rotatable bonds is 11. The van der Waals surface area contributed by atoms with E-state index in [1.807, 2.05) is 0 Å². The molecule has 1 rings (SSSR count). The van der Waals surface area contributed by atoms with Gasteiger partial charge in [-0.2, -0.15) is 0 Å². The maximum absolute atomic E-state index is 9.99. The summed E-state index contributed by atoms with van der Waals surface area (Å²) in [4.78, 5) is 0. The number of aliphatic hydroxyl groups is 1. The molecule has 2 heteroatoms. The molecule has 108 valence electrons. The maximum atomic E-state index is 9.99. The molecule has 0 bridgehead atoms. The zero-order chi connectivity index (χ0) is 13.1. The second-order valence-corrected chi connectivity index (χ2v) is 5.89. The highest BCUT2D eigenvalue weighted by atomic mass is 16.3. The van der Waals surface area contributed by atoms with Crippen molar-refractivity contribution in [1.29, 1.82) is 0 Å². The van der Waals surface area contributed by atoms with Gasteiger partial charge in [0.1, 0.15) is 0 Å². The van der Waals surface area contributed by atoms with Gasteiger partial charge in [-0.3, -0.25) is 0 Å². The standard InChI is InChI=1S/C16H33NO/c1-2-3-4-5-6-7-8-9-10-13-16(18)15-12-11-14-17-15/h15-18H,2-14H2,1H3. The summed E-state index contributed by atoms with van der Waals surface area (Å²) in [7, 11) is 0. The lowest BCUT2D eigenvalue weighted by Gasteiger charge is -2.17. The van der Waals surface area contributed by atoms with Crippen LogP contribution in [0.15, 0.2) is 0 Å². The fourth-order valence-electron chi connectivity index (χ4n) is 2.91. The number of nitrogens with one attached hydrogen (secondary N) is 1. The van der Waals surface area contributed by atoms with E-state index in [0.29, 0.717) is 6.04 Å². The van der Waals surface area contributed by atoms with Crippen LogP contribution in [0.4, 0.5) is 0 Å². The average Bonchev–Trinajstić information content (AvgIpc) is 2.90. The van der Waals surface area contributed by atoms with Gasteiger partial charge in [-0.15, -0.1) is 0 Å². The number of aliphatic hydroxyl groups excluding tert-OH is 1. The van der Waals surface area contributed by atoms with E-state index in [-0.39, 0.29) is 6.10 Å². The SMILES string of the molecule is CCCCCCCCCCCC(O)C1CCCN1. The van der Waals surface area contributed by atoms with Gasteiger partial charge in [0, 0.05) is 6.04 Å². The van der Waals surface area contributed by atoms with E-state index >= 15 is 0 Å². The molecule has 1 fully saturated rings. The van der Waals surface area contributed by atoms with Gasteiger partial charge >= 0.3 is 0 Å². The Morgan fingerprint density at radius 3 is 2.17 bits per heavy atom. The summed E-state index contributed by atoms with van der Waals surface area (Å²) in [5, 5.41) is 13.4. The van der Waals surface area contributed by atoms with E-state index in [4.69, 9.17) is 0 Å². The molecule has 0 aromatic carbocycles. The molecule has 0 aliphatic carbocycles. The van der Waals surface area contributed by atoms with Crippen LogP contribution in [0.3, 0.4) is 0 Å². The molecule has 18 heavy (non-hydrogen) atoms. The lowest BCUT2D eigenvalue weighted by molar-refractivity contribution is 0.123. The Morgan fingerprint density at radius 2 is 1.61 bits per heavy atom. The molecule has 2 unspecified atom stereocenters. The number of hydrogen-bond acceptors (Lipinski definition) is 2. The molecule has 1 saturated heterocycles. The fourth-order valence-corrected chi connectivity index (χ4v) is 2.91. The Kier molecular flexibility index (Phi) is 9.59. The molecule has 0 spiro atoms. The first kappa shape index (κ1) is 16.0. The maximum Gasteiger partial charge on any atom is 0.0693 e.